The van der Waals surface area contributed by atoms with Crippen LogP contribution >= 0.6 is 11.8 Å². The molecule has 0 aliphatic carbocycles. The molecule has 102 valence electrons. The number of nitrogens with one attached hydrogen (secondary N) is 1. The first-order chi connectivity index (χ1) is 9.12. The van der Waals surface area contributed by atoms with Crippen LogP contribution in [0.3, 0.4) is 0 Å². The minimum absolute atomic E-state index is 0.0359. The van der Waals surface area contributed by atoms with Crippen LogP contribution < -0.4 is 10.5 Å². The summed E-state index contributed by atoms with van der Waals surface area (Å²) in [6, 6.07) is 6.66. The Balaban J connectivity index is 2.19. The molecule has 1 atom stereocenters. The summed E-state index contributed by atoms with van der Waals surface area (Å²) >= 11 is 1.77. The van der Waals surface area contributed by atoms with E-state index in [9.17, 15) is 8.42 Å². The van der Waals surface area contributed by atoms with Gasteiger partial charge in [0.25, 0.3) is 0 Å². The van der Waals surface area contributed by atoms with Gasteiger partial charge in [0.1, 0.15) is 0 Å². The van der Waals surface area contributed by atoms with Crippen molar-refractivity contribution in [2.75, 3.05) is 18.1 Å². The van der Waals surface area contributed by atoms with Crippen LogP contribution in [0.25, 0.3) is 0 Å². The average Bonchev–Trinajstić information content (AvgIpc) is 2.89. The molecule has 0 aromatic heterocycles. The van der Waals surface area contributed by atoms with Crippen LogP contribution in [0, 0.1) is 11.8 Å². The largest absolute Gasteiger partial charge is 0.320 e. The van der Waals surface area contributed by atoms with Crippen LogP contribution in [-0.2, 0) is 10.0 Å². The van der Waals surface area contributed by atoms with E-state index in [1.165, 1.54) is 0 Å². The van der Waals surface area contributed by atoms with Gasteiger partial charge in [0.15, 0.2) is 0 Å². The summed E-state index contributed by atoms with van der Waals surface area (Å²) in [6.07, 6.45) is 0.885. The molecule has 1 aromatic rings. The maximum Gasteiger partial charge on any atom is 0.240 e. The van der Waals surface area contributed by atoms with Crippen molar-refractivity contribution in [1.29, 1.82) is 0 Å². The zero-order valence-corrected chi connectivity index (χ0v) is 12.1. The Labute approximate surface area is 118 Å². The number of rotatable bonds is 3. The molecule has 0 spiro atoms. The number of hydrogen-bond donors (Lipinski definition) is 2. The van der Waals surface area contributed by atoms with Crippen molar-refractivity contribution < 1.29 is 8.42 Å². The van der Waals surface area contributed by atoms with E-state index in [0.29, 0.717) is 5.56 Å². The Hall–Kier alpha value is -1.00. The molecule has 1 aliphatic rings. The van der Waals surface area contributed by atoms with E-state index < -0.39 is 10.0 Å². The molecule has 0 saturated carbocycles. The van der Waals surface area contributed by atoms with Crippen molar-refractivity contribution >= 4 is 21.8 Å². The number of thioether (sulfide) groups is 1. The lowest BCUT2D eigenvalue weighted by Gasteiger charge is -2.12. The fourth-order valence-electron chi connectivity index (χ4n) is 1.81. The molecule has 1 aliphatic heterocycles. The van der Waals surface area contributed by atoms with Crippen LogP contribution in [0.2, 0.25) is 0 Å². The first kappa shape index (κ1) is 14.4. The molecule has 0 bridgehead atoms. The fraction of sp³-hybridized carbons (Fsp3) is 0.385. The zero-order chi connectivity index (χ0) is 13.7. The normalized spacial score (nSPS) is 18.9. The Morgan fingerprint density at radius 1 is 1.47 bits per heavy atom. The standard InChI is InChI=1S/C13H16N2O2S2/c14-7-2-4-11-3-1-5-13(9-11)19(16,17)15-12-6-8-18-10-12/h1,3,5,9,12,15H,6-8,10,14H2. The second-order valence-electron chi connectivity index (χ2n) is 4.22. The summed E-state index contributed by atoms with van der Waals surface area (Å²) in [6.45, 7) is 0.258. The van der Waals surface area contributed by atoms with E-state index in [1.54, 1.807) is 36.0 Å². The summed E-state index contributed by atoms with van der Waals surface area (Å²) in [4.78, 5) is 0.258. The molecule has 0 radical (unpaired) electrons. The molecule has 2 rings (SSSR count). The van der Waals surface area contributed by atoms with Crippen molar-refractivity contribution in [2.45, 2.75) is 17.4 Å². The third-order valence-corrected chi connectivity index (χ3v) is 5.41. The molecule has 19 heavy (non-hydrogen) atoms. The molecule has 1 heterocycles. The molecular formula is C13H16N2O2S2. The highest BCUT2D eigenvalue weighted by molar-refractivity contribution is 7.99. The van der Waals surface area contributed by atoms with Crippen molar-refractivity contribution in [1.82, 2.24) is 4.72 Å². The van der Waals surface area contributed by atoms with Gasteiger partial charge in [-0.15, -0.1) is 0 Å². The van der Waals surface area contributed by atoms with Crippen LogP contribution in [0.5, 0.6) is 0 Å². The predicted octanol–water partition coefficient (Wildman–Crippen LogP) is 0.781. The van der Waals surface area contributed by atoms with Crippen molar-refractivity contribution in [2.24, 2.45) is 5.73 Å². The first-order valence-corrected chi connectivity index (χ1v) is 8.65. The molecule has 3 N–H and O–H groups in total. The second-order valence-corrected chi connectivity index (χ2v) is 7.08. The van der Waals surface area contributed by atoms with Gasteiger partial charge < -0.3 is 5.73 Å². The number of hydrogen-bond acceptors (Lipinski definition) is 4. The highest BCUT2D eigenvalue weighted by Gasteiger charge is 2.23. The zero-order valence-electron chi connectivity index (χ0n) is 10.4. The highest BCUT2D eigenvalue weighted by Crippen LogP contribution is 2.20. The maximum absolute atomic E-state index is 12.2. The van der Waals surface area contributed by atoms with Gasteiger partial charge in [-0.05, 0) is 30.4 Å². The van der Waals surface area contributed by atoms with Gasteiger partial charge in [-0.3, -0.25) is 0 Å². The minimum atomic E-state index is -3.45. The van der Waals surface area contributed by atoms with Crippen LogP contribution in [-0.4, -0.2) is 32.5 Å². The summed E-state index contributed by atoms with van der Waals surface area (Å²) in [5, 5.41) is 0. The van der Waals surface area contributed by atoms with E-state index in [1.807, 2.05) is 0 Å². The molecule has 1 aromatic carbocycles. The second kappa shape index (κ2) is 6.44. The lowest BCUT2D eigenvalue weighted by molar-refractivity contribution is 0.563. The fourth-order valence-corrected chi connectivity index (χ4v) is 4.38. The lowest BCUT2D eigenvalue weighted by Crippen LogP contribution is -2.34. The summed E-state index contributed by atoms with van der Waals surface area (Å²) in [5.41, 5.74) is 5.96. The van der Waals surface area contributed by atoms with Crippen LogP contribution in [0.1, 0.15) is 12.0 Å². The van der Waals surface area contributed by atoms with Crippen LogP contribution in [0.15, 0.2) is 29.2 Å². The van der Waals surface area contributed by atoms with E-state index >= 15 is 0 Å². The van der Waals surface area contributed by atoms with Crippen LogP contribution in [0.4, 0.5) is 0 Å². The Morgan fingerprint density at radius 2 is 2.32 bits per heavy atom. The highest BCUT2D eigenvalue weighted by atomic mass is 32.2. The molecule has 1 fully saturated rings. The first-order valence-electron chi connectivity index (χ1n) is 6.01. The molecule has 4 nitrogen and oxygen atoms in total. The predicted molar refractivity (Wildman–Crippen MR) is 78.4 cm³/mol. The molecule has 1 saturated heterocycles. The van der Waals surface area contributed by atoms with E-state index in [-0.39, 0.29) is 17.5 Å². The van der Waals surface area contributed by atoms with Gasteiger partial charge in [0, 0.05) is 17.4 Å². The van der Waals surface area contributed by atoms with E-state index in [2.05, 4.69) is 16.6 Å². The van der Waals surface area contributed by atoms with E-state index in [0.717, 1.165) is 17.9 Å². The van der Waals surface area contributed by atoms with Crippen molar-refractivity contribution in [3.05, 3.63) is 29.8 Å². The summed E-state index contributed by atoms with van der Waals surface area (Å²) < 4.78 is 27.2. The van der Waals surface area contributed by atoms with E-state index in [4.69, 9.17) is 5.73 Å². The maximum atomic E-state index is 12.2. The Kier molecular flexibility index (Phi) is 4.88. The molecule has 0 amide bonds. The number of sulfonamides is 1. The minimum Gasteiger partial charge on any atom is -0.320 e. The van der Waals surface area contributed by atoms with Gasteiger partial charge in [-0.1, -0.05) is 17.9 Å². The van der Waals surface area contributed by atoms with Gasteiger partial charge in [0.05, 0.1) is 11.4 Å². The molecule has 6 heteroatoms. The summed E-state index contributed by atoms with van der Waals surface area (Å²) in [7, 11) is -3.45. The van der Waals surface area contributed by atoms with Crippen molar-refractivity contribution in [3.8, 4) is 11.8 Å². The SMILES string of the molecule is NCC#Cc1cccc(S(=O)(=O)NC2CCSC2)c1. The third-order valence-electron chi connectivity index (χ3n) is 2.73. The number of nitrogens with two attached hydrogens (primary N) is 1. The Bertz CT molecular complexity index is 597. The topological polar surface area (TPSA) is 72.2 Å². The number of benzene rings is 1. The van der Waals surface area contributed by atoms with Gasteiger partial charge >= 0.3 is 0 Å². The van der Waals surface area contributed by atoms with Gasteiger partial charge in [-0.2, -0.15) is 11.8 Å². The average molecular weight is 296 g/mol. The lowest BCUT2D eigenvalue weighted by atomic mass is 10.2. The monoisotopic (exact) mass is 296 g/mol. The molecule has 1 unspecified atom stereocenters. The molecular weight excluding hydrogens is 280 g/mol. The van der Waals surface area contributed by atoms with Gasteiger partial charge in [-0.25, -0.2) is 13.1 Å². The summed E-state index contributed by atoms with van der Waals surface area (Å²) in [5.74, 6) is 7.40. The smallest absolute Gasteiger partial charge is 0.240 e. The third kappa shape index (κ3) is 3.98. The quantitative estimate of drug-likeness (QED) is 0.809. The van der Waals surface area contributed by atoms with Gasteiger partial charge in [0.2, 0.25) is 10.0 Å². The Morgan fingerprint density at radius 3 is 3.00 bits per heavy atom. The van der Waals surface area contributed by atoms with Crippen molar-refractivity contribution in [3.63, 3.8) is 0 Å².